The molecule has 1 aliphatic heterocycles. The lowest BCUT2D eigenvalue weighted by molar-refractivity contribution is -0.119. The molecule has 3 N–H and O–H groups in total. The van der Waals surface area contributed by atoms with Gasteiger partial charge in [0.15, 0.2) is 5.96 Å². The molecule has 8 nitrogen and oxygen atoms in total. The summed E-state index contributed by atoms with van der Waals surface area (Å²) in [5.74, 6) is 0.986. The second-order valence-electron chi connectivity index (χ2n) is 4.37. The van der Waals surface area contributed by atoms with Crippen LogP contribution in [0.25, 0.3) is 0 Å². The molecule has 1 aliphatic rings. The minimum atomic E-state index is -0.149. The first kappa shape index (κ1) is 14.0. The first-order valence-corrected chi connectivity index (χ1v) is 6.48. The van der Waals surface area contributed by atoms with Gasteiger partial charge < -0.3 is 20.9 Å². The standard InChI is InChI=1S/C12H19N7O/c1-14-10(20)9-17-11(13)18-5-7-19(8-6-18)12-15-3-2-4-16-12/h2-4H,5-9H2,1H3,(H2,13,17)(H,14,20). The van der Waals surface area contributed by atoms with E-state index < -0.39 is 0 Å². The van der Waals surface area contributed by atoms with Crippen molar-refractivity contribution in [1.29, 1.82) is 0 Å². The summed E-state index contributed by atoms with van der Waals surface area (Å²) in [5, 5.41) is 2.51. The van der Waals surface area contributed by atoms with E-state index in [1.165, 1.54) is 0 Å². The van der Waals surface area contributed by atoms with Gasteiger partial charge in [0, 0.05) is 45.6 Å². The highest BCUT2D eigenvalue weighted by Gasteiger charge is 2.19. The van der Waals surface area contributed by atoms with Crippen molar-refractivity contribution in [3.63, 3.8) is 0 Å². The quantitative estimate of drug-likeness (QED) is 0.524. The van der Waals surface area contributed by atoms with Gasteiger partial charge in [-0.1, -0.05) is 0 Å². The third-order valence-corrected chi connectivity index (χ3v) is 3.10. The van der Waals surface area contributed by atoms with Crippen LogP contribution in [0.5, 0.6) is 0 Å². The Balaban J connectivity index is 1.86. The van der Waals surface area contributed by atoms with Crippen LogP contribution >= 0.6 is 0 Å². The van der Waals surface area contributed by atoms with Crippen LogP contribution in [0.15, 0.2) is 23.5 Å². The molecule has 0 saturated carbocycles. The van der Waals surface area contributed by atoms with Crippen LogP contribution in [0.1, 0.15) is 0 Å². The maximum Gasteiger partial charge on any atom is 0.241 e. The minimum Gasteiger partial charge on any atom is -0.370 e. The third kappa shape index (κ3) is 3.56. The van der Waals surface area contributed by atoms with Crippen molar-refractivity contribution < 1.29 is 4.79 Å². The van der Waals surface area contributed by atoms with Crippen LogP contribution in [0, 0.1) is 0 Å². The molecule has 0 spiro atoms. The zero-order valence-electron chi connectivity index (χ0n) is 11.5. The number of nitrogens with zero attached hydrogens (tertiary/aromatic N) is 5. The van der Waals surface area contributed by atoms with E-state index in [2.05, 4.69) is 25.2 Å². The Kier molecular flexibility index (Phi) is 4.70. The molecule has 0 unspecified atom stereocenters. The lowest BCUT2D eigenvalue weighted by Crippen LogP contribution is -2.51. The van der Waals surface area contributed by atoms with Gasteiger partial charge in [-0.3, -0.25) is 4.79 Å². The van der Waals surface area contributed by atoms with Crippen LogP contribution < -0.4 is 16.0 Å². The average molecular weight is 277 g/mol. The van der Waals surface area contributed by atoms with Gasteiger partial charge in [0.05, 0.1) is 0 Å². The highest BCUT2D eigenvalue weighted by atomic mass is 16.1. The number of likely N-dealkylation sites (N-methyl/N-ethyl adjacent to an activating group) is 1. The van der Waals surface area contributed by atoms with Crippen LogP contribution in [-0.4, -0.2) is 66.5 Å². The van der Waals surface area contributed by atoms with Crippen molar-refractivity contribution in [2.24, 2.45) is 10.7 Å². The SMILES string of the molecule is CNC(=O)CN=C(N)N1CCN(c2ncccn2)CC1. The lowest BCUT2D eigenvalue weighted by atomic mass is 10.3. The Morgan fingerprint density at radius 2 is 2.00 bits per heavy atom. The summed E-state index contributed by atoms with van der Waals surface area (Å²) in [6.07, 6.45) is 3.46. The van der Waals surface area contributed by atoms with Crippen molar-refractivity contribution in [2.45, 2.75) is 0 Å². The van der Waals surface area contributed by atoms with Gasteiger partial charge in [0.25, 0.3) is 0 Å². The Morgan fingerprint density at radius 3 is 2.60 bits per heavy atom. The summed E-state index contributed by atoms with van der Waals surface area (Å²) >= 11 is 0. The highest BCUT2D eigenvalue weighted by Crippen LogP contribution is 2.09. The van der Waals surface area contributed by atoms with E-state index in [4.69, 9.17) is 5.73 Å². The summed E-state index contributed by atoms with van der Waals surface area (Å²) in [7, 11) is 1.58. The fourth-order valence-corrected chi connectivity index (χ4v) is 1.92. The summed E-state index contributed by atoms with van der Waals surface area (Å²) in [5.41, 5.74) is 5.88. The molecule has 1 aromatic rings. The lowest BCUT2D eigenvalue weighted by Gasteiger charge is -2.35. The monoisotopic (exact) mass is 277 g/mol. The molecular weight excluding hydrogens is 258 g/mol. The second-order valence-corrected chi connectivity index (χ2v) is 4.37. The van der Waals surface area contributed by atoms with E-state index in [0.717, 1.165) is 32.1 Å². The van der Waals surface area contributed by atoms with Crippen LogP contribution in [0.4, 0.5) is 5.95 Å². The third-order valence-electron chi connectivity index (χ3n) is 3.10. The van der Waals surface area contributed by atoms with Gasteiger partial charge in [-0.25, -0.2) is 15.0 Å². The molecule has 108 valence electrons. The van der Waals surface area contributed by atoms with Crippen molar-refractivity contribution in [3.8, 4) is 0 Å². The van der Waals surface area contributed by atoms with Crippen LogP contribution in [0.3, 0.4) is 0 Å². The molecular formula is C12H19N7O. The second kappa shape index (κ2) is 6.69. The molecule has 0 aliphatic carbocycles. The van der Waals surface area contributed by atoms with E-state index >= 15 is 0 Å². The van der Waals surface area contributed by atoms with Crippen molar-refractivity contribution in [2.75, 3.05) is 44.7 Å². The molecule has 20 heavy (non-hydrogen) atoms. The number of hydrogen-bond donors (Lipinski definition) is 2. The van der Waals surface area contributed by atoms with Gasteiger partial charge in [0.1, 0.15) is 6.54 Å². The predicted molar refractivity (Wildman–Crippen MR) is 76.4 cm³/mol. The van der Waals surface area contributed by atoms with Crippen LogP contribution in [-0.2, 0) is 4.79 Å². The topological polar surface area (TPSA) is 99.7 Å². The number of anilines is 1. The zero-order chi connectivity index (χ0) is 14.4. The molecule has 0 radical (unpaired) electrons. The van der Waals surface area contributed by atoms with E-state index in [1.54, 1.807) is 25.5 Å². The smallest absolute Gasteiger partial charge is 0.241 e. The molecule has 0 bridgehead atoms. The molecule has 1 fully saturated rings. The number of hydrogen-bond acceptors (Lipinski definition) is 5. The average Bonchev–Trinajstić information content (AvgIpc) is 2.53. The molecule has 1 amide bonds. The highest BCUT2D eigenvalue weighted by molar-refractivity contribution is 5.84. The number of rotatable bonds is 3. The van der Waals surface area contributed by atoms with Gasteiger partial charge >= 0.3 is 0 Å². The first-order valence-electron chi connectivity index (χ1n) is 6.48. The number of nitrogens with one attached hydrogen (secondary N) is 1. The maximum absolute atomic E-state index is 11.1. The number of carbonyl (C=O) groups is 1. The fraction of sp³-hybridized carbons (Fsp3) is 0.500. The van der Waals surface area contributed by atoms with Gasteiger partial charge in [0.2, 0.25) is 11.9 Å². The molecule has 8 heteroatoms. The van der Waals surface area contributed by atoms with Gasteiger partial charge in [-0.15, -0.1) is 0 Å². The largest absolute Gasteiger partial charge is 0.370 e. The van der Waals surface area contributed by atoms with Gasteiger partial charge in [-0.05, 0) is 6.07 Å². The number of piperazine rings is 1. The van der Waals surface area contributed by atoms with Gasteiger partial charge in [-0.2, -0.15) is 0 Å². The van der Waals surface area contributed by atoms with Crippen molar-refractivity contribution >= 4 is 17.8 Å². The Morgan fingerprint density at radius 1 is 1.35 bits per heavy atom. The normalized spacial score (nSPS) is 16.1. The Bertz CT molecular complexity index is 468. The van der Waals surface area contributed by atoms with E-state index in [1.807, 2.05) is 4.90 Å². The van der Waals surface area contributed by atoms with Crippen LogP contribution in [0.2, 0.25) is 0 Å². The summed E-state index contributed by atoms with van der Waals surface area (Å²) in [4.78, 5) is 27.7. The molecule has 0 atom stereocenters. The molecule has 2 rings (SSSR count). The maximum atomic E-state index is 11.1. The predicted octanol–water partition coefficient (Wildman–Crippen LogP) is -1.34. The molecule has 1 aromatic heterocycles. The number of carbonyl (C=O) groups excluding carboxylic acids is 1. The number of nitrogens with two attached hydrogens (primary N) is 1. The first-order chi connectivity index (χ1) is 9.70. The van der Waals surface area contributed by atoms with E-state index in [-0.39, 0.29) is 12.5 Å². The van der Waals surface area contributed by atoms with E-state index in [0.29, 0.717) is 5.96 Å². The molecule has 0 aromatic carbocycles. The summed E-state index contributed by atoms with van der Waals surface area (Å²) in [6, 6.07) is 1.79. The summed E-state index contributed by atoms with van der Waals surface area (Å²) in [6.45, 7) is 3.09. The number of aromatic nitrogens is 2. The number of amides is 1. The minimum absolute atomic E-state index is 0.0599. The molecule has 1 saturated heterocycles. The van der Waals surface area contributed by atoms with Crippen molar-refractivity contribution in [3.05, 3.63) is 18.5 Å². The summed E-state index contributed by atoms with van der Waals surface area (Å²) < 4.78 is 0. The van der Waals surface area contributed by atoms with E-state index in [9.17, 15) is 4.79 Å². The Labute approximate surface area is 117 Å². The number of guanidine groups is 1. The fourth-order valence-electron chi connectivity index (χ4n) is 1.92. The molecule has 2 heterocycles. The Hall–Kier alpha value is -2.38. The zero-order valence-corrected chi connectivity index (χ0v) is 11.5. The van der Waals surface area contributed by atoms with Crippen molar-refractivity contribution in [1.82, 2.24) is 20.2 Å². The number of aliphatic imine (C=N–C) groups is 1.